The Balaban J connectivity index is 1.42. The lowest BCUT2D eigenvalue weighted by molar-refractivity contribution is 0.00688. The number of esters is 1. The Kier molecular flexibility index (Phi) is 8.33. The van der Waals surface area contributed by atoms with Gasteiger partial charge in [0.1, 0.15) is 34.6 Å². The Morgan fingerprint density at radius 1 is 0.936 bits per heavy atom. The second-order valence-corrected chi connectivity index (χ2v) is 12.2. The zero-order valence-electron chi connectivity index (χ0n) is 26.9. The molecule has 6 rings (SSSR count). The van der Waals surface area contributed by atoms with Crippen molar-refractivity contribution in [3.05, 3.63) is 101 Å². The fourth-order valence-corrected chi connectivity index (χ4v) is 5.22. The van der Waals surface area contributed by atoms with Gasteiger partial charge in [-0.3, -0.25) is 10.4 Å². The maximum Gasteiger partial charge on any atom is 0.339 e. The van der Waals surface area contributed by atoms with E-state index in [1.54, 1.807) is 32.9 Å². The number of nitrogens with zero attached hydrogens (tertiary/aromatic N) is 6. The van der Waals surface area contributed by atoms with E-state index in [1.165, 1.54) is 6.07 Å². The van der Waals surface area contributed by atoms with Crippen LogP contribution in [0.25, 0.3) is 11.2 Å². The third-order valence-electron chi connectivity index (χ3n) is 7.39. The van der Waals surface area contributed by atoms with Crippen LogP contribution in [0.1, 0.15) is 53.6 Å². The number of amidine groups is 2. The van der Waals surface area contributed by atoms with Gasteiger partial charge in [-0.15, -0.1) is 0 Å². The Labute approximate surface area is 272 Å². The van der Waals surface area contributed by atoms with Gasteiger partial charge < -0.3 is 29.4 Å². The van der Waals surface area contributed by atoms with Gasteiger partial charge in [-0.25, -0.2) is 9.78 Å². The van der Waals surface area contributed by atoms with Crippen molar-refractivity contribution in [1.82, 2.24) is 24.4 Å². The summed E-state index contributed by atoms with van der Waals surface area (Å²) in [5.74, 6) is 1.60. The van der Waals surface area contributed by atoms with Gasteiger partial charge in [0.2, 0.25) is 0 Å². The van der Waals surface area contributed by atoms with Crippen molar-refractivity contribution < 1.29 is 19.0 Å². The molecular weight excluding hydrogens is 596 g/mol. The summed E-state index contributed by atoms with van der Waals surface area (Å²) in [4.78, 5) is 34.0. The molecule has 240 valence electrons. The molecule has 3 aromatic carbocycles. The van der Waals surface area contributed by atoms with E-state index in [0.29, 0.717) is 29.3 Å². The maximum absolute atomic E-state index is 13.1. The molecule has 0 bridgehead atoms. The standard InChI is InChI=1S/C35H36N8O4/c1-21-39-28-31(43(21)20-22-10-7-6-8-11-22)40-34(46-24-13-9-12-23(18-24)30-38-16-17-42(30)5)41-32(28)45-25-14-15-26(29(36)37)27(19-25)33(44)47-35(2,3)4/h6-15,18-19H,16-17,20H2,1-5H3,(H3,36,37). The molecule has 1 aliphatic heterocycles. The number of carbonyl (C=O) groups excluding carboxylic acids is 1. The molecule has 3 heterocycles. The lowest BCUT2D eigenvalue weighted by Gasteiger charge is -2.20. The number of nitrogen functional groups attached to an aromatic ring is 1. The van der Waals surface area contributed by atoms with Crippen molar-refractivity contribution in [2.24, 2.45) is 10.7 Å². The van der Waals surface area contributed by atoms with Crippen molar-refractivity contribution in [3.8, 4) is 23.4 Å². The van der Waals surface area contributed by atoms with E-state index in [4.69, 9.17) is 35.3 Å². The number of aromatic nitrogens is 4. The number of aryl methyl sites for hydroxylation is 1. The number of rotatable bonds is 9. The number of aliphatic imine (C=N–C) groups is 1. The van der Waals surface area contributed by atoms with Crippen LogP contribution in [0.3, 0.4) is 0 Å². The Morgan fingerprint density at radius 3 is 2.40 bits per heavy atom. The molecule has 0 radical (unpaired) electrons. The number of imidazole rings is 1. The number of fused-ring (bicyclic) bond motifs is 1. The predicted octanol–water partition coefficient (Wildman–Crippen LogP) is 5.70. The largest absolute Gasteiger partial charge is 0.456 e. The molecule has 2 aromatic heterocycles. The summed E-state index contributed by atoms with van der Waals surface area (Å²) >= 11 is 0. The van der Waals surface area contributed by atoms with E-state index in [-0.39, 0.29) is 34.6 Å². The van der Waals surface area contributed by atoms with E-state index >= 15 is 0 Å². The van der Waals surface area contributed by atoms with E-state index in [2.05, 4.69) is 14.9 Å². The molecule has 0 fully saturated rings. The summed E-state index contributed by atoms with van der Waals surface area (Å²) in [5.41, 5.74) is 8.27. The molecule has 0 atom stereocenters. The molecule has 12 heteroatoms. The number of ether oxygens (including phenoxy) is 3. The SMILES string of the molecule is Cc1nc2c(Oc3ccc(C(=N)N)c(C(=O)OC(C)(C)C)c3)nc(Oc3cccc(C4=NCCN4C)c3)nc2n1Cc1ccccc1. The minimum atomic E-state index is -0.757. The lowest BCUT2D eigenvalue weighted by atomic mass is 10.1. The Hall–Kier alpha value is -5.78. The normalized spacial score (nSPS) is 13.0. The van der Waals surface area contributed by atoms with Crippen LogP contribution in [0.15, 0.2) is 77.8 Å². The van der Waals surface area contributed by atoms with Gasteiger partial charge >= 0.3 is 12.0 Å². The molecule has 1 aliphatic rings. The molecule has 0 saturated carbocycles. The second kappa shape index (κ2) is 12.5. The first-order valence-corrected chi connectivity index (χ1v) is 15.2. The molecule has 0 saturated heterocycles. The summed E-state index contributed by atoms with van der Waals surface area (Å²) < 4.78 is 20.1. The highest BCUT2D eigenvalue weighted by Crippen LogP contribution is 2.33. The smallest absolute Gasteiger partial charge is 0.339 e. The quantitative estimate of drug-likeness (QED) is 0.118. The van der Waals surface area contributed by atoms with Crippen LogP contribution in [-0.4, -0.2) is 67.8 Å². The van der Waals surface area contributed by atoms with Crippen molar-refractivity contribution in [2.45, 2.75) is 39.8 Å². The average molecular weight is 633 g/mol. The van der Waals surface area contributed by atoms with Crippen molar-refractivity contribution in [3.63, 3.8) is 0 Å². The Morgan fingerprint density at radius 2 is 1.70 bits per heavy atom. The summed E-state index contributed by atoms with van der Waals surface area (Å²) in [6, 6.07) is 22.3. The van der Waals surface area contributed by atoms with Gasteiger partial charge in [0.15, 0.2) is 11.2 Å². The molecule has 3 N–H and O–H groups in total. The first-order chi connectivity index (χ1) is 22.4. The minimum Gasteiger partial charge on any atom is -0.456 e. The maximum atomic E-state index is 13.1. The highest BCUT2D eigenvalue weighted by molar-refractivity contribution is 6.06. The van der Waals surface area contributed by atoms with Crippen LogP contribution in [0, 0.1) is 12.3 Å². The van der Waals surface area contributed by atoms with Gasteiger partial charge in [-0.1, -0.05) is 42.5 Å². The van der Waals surface area contributed by atoms with Crippen LogP contribution >= 0.6 is 0 Å². The molecule has 5 aromatic rings. The van der Waals surface area contributed by atoms with Gasteiger partial charge in [0.25, 0.3) is 5.88 Å². The van der Waals surface area contributed by atoms with Gasteiger partial charge in [0, 0.05) is 24.7 Å². The topological polar surface area (TPSA) is 154 Å². The number of benzene rings is 3. The van der Waals surface area contributed by atoms with E-state index in [0.717, 1.165) is 30.1 Å². The zero-order valence-corrected chi connectivity index (χ0v) is 26.9. The minimum absolute atomic E-state index is 0.0494. The molecule has 0 amide bonds. The number of hydrogen-bond acceptors (Lipinski definition) is 10. The van der Waals surface area contributed by atoms with Crippen molar-refractivity contribution >= 4 is 28.8 Å². The zero-order chi connectivity index (χ0) is 33.3. The van der Waals surface area contributed by atoms with Crippen molar-refractivity contribution in [1.29, 1.82) is 5.41 Å². The fourth-order valence-electron chi connectivity index (χ4n) is 5.22. The molecule has 0 aliphatic carbocycles. The summed E-state index contributed by atoms with van der Waals surface area (Å²) in [6.45, 7) is 9.29. The molecule has 12 nitrogen and oxygen atoms in total. The van der Waals surface area contributed by atoms with Crippen LogP contribution < -0.4 is 15.2 Å². The first-order valence-electron chi connectivity index (χ1n) is 15.2. The third-order valence-corrected chi connectivity index (χ3v) is 7.39. The highest BCUT2D eigenvalue weighted by Gasteiger charge is 2.24. The molecular formula is C35H36N8O4. The van der Waals surface area contributed by atoms with Crippen molar-refractivity contribution in [2.75, 3.05) is 20.1 Å². The number of nitrogens with one attached hydrogen (secondary N) is 1. The predicted molar refractivity (Wildman–Crippen MR) is 179 cm³/mol. The molecule has 0 unspecified atom stereocenters. The number of nitrogens with two attached hydrogens (primary N) is 1. The number of hydrogen-bond donors (Lipinski definition) is 2. The van der Waals surface area contributed by atoms with Gasteiger partial charge in [0.05, 0.1) is 18.7 Å². The highest BCUT2D eigenvalue weighted by atomic mass is 16.6. The third kappa shape index (κ3) is 6.91. The summed E-state index contributed by atoms with van der Waals surface area (Å²) in [7, 11) is 2.01. The summed E-state index contributed by atoms with van der Waals surface area (Å²) in [5, 5.41) is 8.00. The molecule has 47 heavy (non-hydrogen) atoms. The fraction of sp³-hybridized carbons (Fsp3) is 0.257. The van der Waals surface area contributed by atoms with Crippen LogP contribution in [0.4, 0.5) is 0 Å². The lowest BCUT2D eigenvalue weighted by Crippen LogP contribution is -2.26. The monoisotopic (exact) mass is 632 g/mol. The van der Waals surface area contributed by atoms with E-state index in [9.17, 15) is 4.79 Å². The van der Waals surface area contributed by atoms with Gasteiger partial charge in [-0.05, 0) is 63.6 Å². The Bertz CT molecular complexity index is 2010. The average Bonchev–Trinajstić information content (AvgIpc) is 3.59. The van der Waals surface area contributed by atoms with Crippen LogP contribution in [0.2, 0.25) is 0 Å². The number of carbonyl (C=O) groups is 1. The summed E-state index contributed by atoms with van der Waals surface area (Å²) in [6.07, 6.45) is 0. The van der Waals surface area contributed by atoms with Gasteiger partial charge in [-0.2, -0.15) is 9.97 Å². The van der Waals surface area contributed by atoms with E-state index in [1.807, 2.05) is 73.1 Å². The molecule has 0 spiro atoms. The second-order valence-electron chi connectivity index (χ2n) is 12.2. The number of likely N-dealkylation sites (N-methyl/N-ethyl adjacent to an activating group) is 1. The first kappa shape index (κ1) is 31.2. The van der Waals surface area contributed by atoms with Crippen LogP contribution in [-0.2, 0) is 11.3 Å². The van der Waals surface area contributed by atoms with E-state index < -0.39 is 11.6 Å². The van der Waals surface area contributed by atoms with Crippen LogP contribution in [0.5, 0.6) is 23.4 Å².